The number of anilines is 1. The SMILES string of the molecule is CC1CN(c2ncncc2Cl)CCN1. The first-order valence-electron chi connectivity index (χ1n) is 4.71. The Labute approximate surface area is 88.3 Å². The molecule has 5 heteroatoms. The molecule has 1 aromatic rings. The zero-order valence-corrected chi connectivity index (χ0v) is 8.83. The molecule has 2 rings (SSSR count). The van der Waals surface area contributed by atoms with Crippen LogP contribution in [0.25, 0.3) is 0 Å². The molecule has 1 saturated heterocycles. The molecule has 1 aromatic heterocycles. The van der Waals surface area contributed by atoms with Crippen molar-refractivity contribution in [2.45, 2.75) is 13.0 Å². The summed E-state index contributed by atoms with van der Waals surface area (Å²) in [5.41, 5.74) is 0. The minimum absolute atomic E-state index is 0.481. The zero-order valence-electron chi connectivity index (χ0n) is 8.07. The summed E-state index contributed by atoms with van der Waals surface area (Å²) in [7, 11) is 0. The molecule has 1 atom stereocenters. The number of nitrogens with zero attached hydrogens (tertiary/aromatic N) is 3. The van der Waals surface area contributed by atoms with Gasteiger partial charge in [0.15, 0.2) is 5.82 Å². The lowest BCUT2D eigenvalue weighted by Gasteiger charge is -2.32. The van der Waals surface area contributed by atoms with E-state index in [0.29, 0.717) is 11.1 Å². The van der Waals surface area contributed by atoms with Crippen LogP contribution in [-0.2, 0) is 0 Å². The highest BCUT2D eigenvalue weighted by Gasteiger charge is 2.18. The number of nitrogens with one attached hydrogen (secondary N) is 1. The van der Waals surface area contributed by atoms with Crippen molar-refractivity contribution in [3.05, 3.63) is 17.5 Å². The molecular formula is C9H13ClN4. The molecule has 2 heterocycles. The number of rotatable bonds is 1. The minimum Gasteiger partial charge on any atom is -0.352 e. The van der Waals surface area contributed by atoms with Gasteiger partial charge < -0.3 is 10.2 Å². The largest absolute Gasteiger partial charge is 0.352 e. The van der Waals surface area contributed by atoms with Crippen LogP contribution in [0.2, 0.25) is 5.02 Å². The van der Waals surface area contributed by atoms with Gasteiger partial charge in [0.25, 0.3) is 0 Å². The molecule has 0 bridgehead atoms. The van der Waals surface area contributed by atoms with Gasteiger partial charge in [-0.3, -0.25) is 0 Å². The Hall–Kier alpha value is -0.870. The topological polar surface area (TPSA) is 41.1 Å². The van der Waals surface area contributed by atoms with Crippen molar-refractivity contribution in [2.24, 2.45) is 0 Å². The van der Waals surface area contributed by atoms with Crippen LogP contribution in [0.3, 0.4) is 0 Å². The fraction of sp³-hybridized carbons (Fsp3) is 0.556. The maximum atomic E-state index is 6.02. The molecule has 0 aliphatic carbocycles. The summed E-state index contributed by atoms with van der Waals surface area (Å²) in [6.45, 7) is 5.01. The molecule has 76 valence electrons. The quantitative estimate of drug-likeness (QED) is 0.752. The van der Waals surface area contributed by atoms with Crippen molar-refractivity contribution in [3.63, 3.8) is 0 Å². The second kappa shape index (κ2) is 4.11. The van der Waals surface area contributed by atoms with Gasteiger partial charge in [0.05, 0.1) is 6.20 Å². The molecule has 1 N–H and O–H groups in total. The van der Waals surface area contributed by atoms with Gasteiger partial charge in [0, 0.05) is 25.7 Å². The Balaban J connectivity index is 2.18. The number of aromatic nitrogens is 2. The molecule has 1 aliphatic heterocycles. The third-order valence-electron chi connectivity index (χ3n) is 2.32. The molecule has 0 aromatic carbocycles. The van der Waals surface area contributed by atoms with E-state index in [1.807, 2.05) is 0 Å². The van der Waals surface area contributed by atoms with Crippen LogP contribution in [0.4, 0.5) is 5.82 Å². The number of halogens is 1. The summed E-state index contributed by atoms with van der Waals surface area (Å²) < 4.78 is 0. The molecule has 1 aliphatic rings. The van der Waals surface area contributed by atoms with Crippen LogP contribution in [-0.4, -0.2) is 35.6 Å². The normalized spacial score (nSPS) is 22.4. The summed E-state index contributed by atoms with van der Waals surface area (Å²) in [6, 6.07) is 0.481. The standard InChI is InChI=1S/C9H13ClN4/c1-7-5-14(3-2-12-7)9-8(10)4-11-6-13-9/h4,6-7,12H,2-3,5H2,1H3. The lowest BCUT2D eigenvalue weighted by Crippen LogP contribution is -2.49. The highest BCUT2D eigenvalue weighted by molar-refractivity contribution is 6.32. The van der Waals surface area contributed by atoms with Crippen LogP contribution in [0, 0.1) is 0 Å². The van der Waals surface area contributed by atoms with Crippen molar-refractivity contribution in [2.75, 3.05) is 24.5 Å². The van der Waals surface area contributed by atoms with E-state index in [4.69, 9.17) is 11.6 Å². The van der Waals surface area contributed by atoms with Gasteiger partial charge in [-0.25, -0.2) is 9.97 Å². The van der Waals surface area contributed by atoms with Gasteiger partial charge in [0.1, 0.15) is 11.3 Å². The Bertz CT molecular complexity index is 317. The van der Waals surface area contributed by atoms with Gasteiger partial charge in [-0.2, -0.15) is 0 Å². The third kappa shape index (κ3) is 1.96. The van der Waals surface area contributed by atoms with Crippen molar-refractivity contribution in [1.82, 2.24) is 15.3 Å². The Morgan fingerprint density at radius 2 is 2.50 bits per heavy atom. The monoisotopic (exact) mass is 212 g/mol. The van der Waals surface area contributed by atoms with Gasteiger partial charge >= 0.3 is 0 Å². The van der Waals surface area contributed by atoms with Gasteiger partial charge in [0.2, 0.25) is 0 Å². The van der Waals surface area contributed by atoms with E-state index in [1.54, 1.807) is 6.20 Å². The van der Waals surface area contributed by atoms with Crippen molar-refractivity contribution in [3.8, 4) is 0 Å². The van der Waals surface area contributed by atoms with Gasteiger partial charge in [-0.1, -0.05) is 11.6 Å². The van der Waals surface area contributed by atoms with Crippen LogP contribution in [0.1, 0.15) is 6.92 Å². The van der Waals surface area contributed by atoms with Crippen molar-refractivity contribution in [1.29, 1.82) is 0 Å². The van der Waals surface area contributed by atoms with Gasteiger partial charge in [-0.15, -0.1) is 0 Å². The highest BCUT2D eigenvalue weighted by atomic mass is 35.5. The average molecular weight is 213 g/mol. The predicted molar refractivity (Wildman–Crippen MR) is 56.7 cm³/mol. The maximum absolute atomic E-state index is 6.02. The lowest BCUT2D eigenvalue weighted by molar-refractivity contribution is 0.482. The second-order valence-corrected chi connectivity index (χ2v) is 3.90. The molecular weight excluding hydrogens is 200 g/mol. The molecule has 1 unspecified atom stereocenters. The van der Waals surface area contributed by atoms with Crippen LogP contribution in [0.5, 0.6) is 0 Å². The second-order valence-electron chi connectivity index (χ2n) is 3.50. The zero-order chi connectivity index (χ0) is 9.97. The van der Waals surface area contributed by atoms with Crippen LogP contribution >= 0.6 is 11.6 Å². The fourth-order valence-corrected chi connectivity index (χ4v) is 1.89. The van der Waals surface area contributed by atoms with Crippen LogP contribution < -0.4 is 10.2 Å². The first kappa shape index (κ1) is 9.68. The maximum Gasteiger partial charge on any atom is 0.150 e. The smallest absolute Gasteiger partial charge is 0.150 e. The summed E-state index contributed by atoms with van der Waals surface area (Å²) in [4.78, 5) is 10.3. The average Bonchev–Trinajstić information content (AvgIpc) is 2.18. The van der Waals surface area contributed by atoms with Crippen LogP contribution in [0.15, 0.2) is 12.5 Å². The van der Waals surface area contributed by atoms with E-state index in [9.17, 15) is 0 Å². The fourth-order valence-electron chi connectivity index (χ4n) is 1.66. The molecule has 0 amide bonds. The number of hydrogen-bond acceptors (Lipinski definition) is 4. The Morgan fingerprint density at radius 1 is 1.64 bits per heavy atom. The van der Waals surface area contributed by atoms with E-state index in [0.717, 1.165) is 25.5 Å². The summed E-state index contributed by atoms with van der Waals surface area (Å²) in [5.74, 6) is 0.843. The third-order valence-corrected chi connectivity index (χ3v) is 2.58. The number of hydrogen-bond donors (Lipinski definition) is 1. The van der Waals surface area contributed by atoms with Gasteiger partial charge in [-0.05, 0) is 6.92 Å². The molecule has 0 saturated carbocycles. The lowest BCUT2D eigenvalue weighted by atomic mass is 10.2. The van der Waals surface area contributed by atoms with Crippen molar-refractivity contribution < 1.29 is 0 Å². The van der Waals surface area contributed by atoms with Crippen molar-refractivity contribution >= 4 is 17.4 Å². The summed E-state index contributed by atoms with van der Waals surface area (Å²) in [5, 5.41) is 4.00. The number of piperazine rings is 1. The summed E-state index contributed by atoms with van der Waals surface area (Å²) >= 11 is 6.02. The predicted octanol–water partition coefficient (Wildman–Crippen LogP) is 0.928. The molecule has 4 nitrogen and oxygen atoms in total. The Kier molecular flexibility index (Phi) is 2.84. The van der Waals surface area contributed by atoms with E-state index in [2.05, 4.69) is 27.1 Å². The molecule has 0 spiro atoms. The van der Waals surface area contributed by atoms with E-state index in [-0.39, 0.29) is 0 Å². The minimum atomic E-state index is 0.481. The van der Waals surface area contributed by atoms with E-state index >= 15 is 0 Å². The summed E-state index contributed by atoms with van der Waals surface area (Å²) in [6.07, 6.45) is 3.17. The van der Waals surface area contributed by atoms with E-state index in [1.165, 1.54) is 6.33 Å². The first-order chi connectivity index (χ1) is 6.77. The molecule has 0 radical (unpaired) electrons. The van der Waals surface area contributed by atoms with E-state index < -0.39 is 0 Å². The first-order valence-corrected chi connectivity index (χ1v) is 5.09. The molecule has 1 fully saturated rings. The highest BCUT2D eigenvalue weighted by Crippen LogP contribution is 2.21. The Morgan fingerprint density at radius 3 is 3.21 bits per heavy atom. The molecule has 14 heavy (non-hydrogen) atoms.